The van der Waals surface area contributed by atoms with Crippen LogP contribution in [0.4, 0.5) is 0 Å². The molecule has 0 saturated heterocycles. The third kappa shape index (κ3) is 2.44. The fourth-order valence-corrected chi connectivity index (χ4v) is 2.33. The standard InChI is InChI=1S/C14H20O4/c1-14(2,16)13-10(15)8-7-9-5-4-6-11(17-3)12(9)18-13/h4-6,10,13,15-16H,7-8H2,1-3H3/t10-,13-/m1/s1. The first-order valence-electron chi connectivity index (χ1n) is 6.16. The third-order valence-corrected chi connectivity index (χ3v) is 3.28. The van der Waals surface area contributed by atoms with E-state index in [2.05, 4.69) is 0 Å². The molecule has 0 fully saturated rings. The highest BCUT2D eigenvalue weighted by Gasteiger charge is 2.38. The molecule has 0 aromatic heterocycles. The highest BCUT2D eigenvalue weighted by molar-refractivity contribution is 5.47. The Morgan fingerprint density at radius 2 is 2.11 bits per heavy atom. The molecule has 0 radical (unpaired) electrons. The molecule has 0 bridgehead atoms. The van der Waals surface area contributed by atoms with Gasteiger partial charge in [0.05, 0.1) is 18.8 Å². The molecule has 0 unspecified atom stereocenters. The SMILES string of the molecule is COc1cccc2c1O[C@@H](C(C)(C)O)[C@H](O)CC2. The predicted octanol–water partition coefficient (Wildman–Crippen LogP) is 1.52. The van der Waals surface area contributed by atoms with Crippen LogP contribution in [0, 0.1) is 0 Å². The Kier molecular flexibility index (Phi) is 3.50. The molecule has 0 spiro atoms. The van der Waals surface area contributed by atoms with Crippen LogP contribution in [-0.2, 0) is 6.42 Å². The minimum Gasteiger partial charge on any atom is -0.493 e. The Balaban J connectivity index is 2.41. The summed E-state index contributed by atoms with van der Waals surface area (Å²) in [5.74, 6) is 1.26. The maximum atomic E-state index is 10.1. The minimum atomic E-state index is -1.11. The Hall–Kier alpha value is -1.26. The highest BCUT2D eigenvalue weighted by Crippen LogP contribution is 2.37. The van der Waals surface area contributed by atoms with Crippen LogP contribution in [0.5, 0.6) is 11.5 Å². The number of hydrogen-bond acceptors (Lipinski definition) is 4. The number of fused-ring (bicyclic) bond motifs is 1. The topological polar surface area (TPSA) is 58.9 Å². The lowest BCUT2D eigenvalue weighted by Gasteiger charge is -2.32. The summed E-state index contributed by atoms with van der Waals surface area (Å²) in [6.07, 6.45) is -0.0769. The van der Waals surface area contributed by atoms with Gasteiger partial charge >= 0.3 is 0 Å². The Morgan fingerprint density at radius 3 is 2.72 bits per heavy atom. The van der Waals surface area contributed by atoms with Gasteiger partial charge < -0.3 is 19.7 Å². The normalized spacial score (nSPS) is 23.8. The fraction of sp³-hybridized carbons (Fsp3) is 0.571. The molecule has 1 aliphatic rings. The van der Waals surface area contributed by atoms with E-state index in [9.17, 15) is 10.2 Å². The molecule has 100 valence electrons. The van der Waals surface area contributed by atoms with Crippen molar-refractivity contribution in [1.29, 1.82) is 0 Å². The number of rotatable bonds is 2. The van der Waals surface area contributed by atoms with Gasteiger partial charge in [-0.25, -0.2) is 0 Å². The summed E-state index contributed by atoms with van der Waals surface area (Å²) >= 11 is 0. The quantitative estimate of drug-likeness (QED) is 0.838. The van der Waals surface area contributed by atoms with Crippen LogP contribution >= 0.6 is 0 Å². The zero-order valence-corrected chi connectivity index (χ0v) is 11.0. The van der Waals surface area contributed by atoms with Crippen LogP contribution in [0.2, 0.25) is 0 Å². The first-order chi connectivity index (χ1) is 8.43. The summed E-state index contributed by atoms with van der Waals surface area (Å²) in [5, 5.41) is 20.2. The number of methoxy groups -OCH3 is 1. The molecular weight excluding hydrogens is 232 g/mol. The number of aliphatic hydroxyl groups excluding tert-OH is 1. The molecular formula is C14H20O4. The molecule has 1 aromatic rings. The second-order valence-electron chi connectivity index (χ2n) is 5.25. The molecule has 1 aromatic carbocycles. The van der Waals surface area contributed by atoms with Crippen LogP contribution in [0.25, 0.3) is 0 Å². The van der Waals surface area contributed by atoms with Crippen molar-refractivity contribution < 1.29 is 19.7 Å². The summed E-state index contributed by atoms with van der Waals surface area (Å²) in [6, 6.07) is 5.67. The molecule has 2 atom stereocenters. The summed E-state index contributed by atoms with van der Waals surface area (Å²) in [7, 11) is 1.58. The Labute approximate surface area is 107 Å². The van der Waals surface area contributed by atoms with Gasteiger partial charge in [0, 0.05) is 0 Å². The van der Waals surface area contributed by atoms with Crippen LogP contribution in [0.1, 0.15) is 25.8 Å². The van der Waals surface area contributed by atoms with E-state index in [0.717, 1.165) is 5.56 Å². The predicted molar refractivity (Wildman–Crippen MR) is 68.0 cm³/mol. The molecule has 4 heteroatoms. The zero-order valence-electron chi connectivity index (χ0n) is 11.0. The Morgan fingerprint density at radius 1 is 1.39 bits per heavy atom. The van der Waals surface area contributed by atoms with Crippen molar-refractivity contribution in [3.05, 3.63) is 23.8 Å². The number of ether oxygens (including phenoxy) is 2. The molecule has 2 rings (SSSR count). The lowest BCUT2D eigenvalue weighted by molar-refractivity contribution is -0.0907. The molecule has 1 aliphatic heterocycles. The maximum absolute atomic E-state index is 10.1. The zero-order chi connectivity index (χ0) is 13.3. The molecule has 18 heavy (non-hydrogen) atoms. The van der Waals surface area contributed by atoms with Crippen molar-refractivity contribution >= 4 is 0 Å². The maximum Gasteiger partial charge on any atom is 0.165 e. The van der Waals surface area contributed by atoms with Crippen molar-refractivity contribution in [3.8, 4) is 11.5 Å². The number of aliphatic hydroxyl groups is 2. The molecule has 0 saturated carbocycles. The van der Waals surface area contributed by atoms with Gasteiger partial charge in [-0.2, -0.15) is 0 Å². The van der Waals surface area contributed by atoms with Crippen LogP contribution < -0.4 is 9.47 Å². The number of hydrogen-bond donors (Lipinski definition) is 2. The lowest BCUT2D eigenvalue weighted by atomic mass is 9.94. The summed E-state index contributed by atoms with van der Waals surface area (Å²) < 4.78 is 11.1. The molecule has 0 amide bonds. The van der Waals surface area contributed by atoms with Gasteiger partial charge in [-0.1, -0.05) is 12.1 Å². The summed E-state index contributed by atoms with van der Waals surface area (Å²) in [6.45, 7) is 3.28. The van der Waals surface area contributed by atoms with Crippen molar-refractivity contribution in [2.75, 3.05) is 7.11 Å². The molecule has 1 heterocycles. The van der Waals surface area contributed by atoms with Gasteiger partial charge in [0.15, 0.2) is 17.6 Å². The number of benzene rings is 1. The lowest BCUT2D eigenvalue weighted by Crippen LogP contribution is -2.48. The van der Waals surface area contributed by atoms with Crippen molar-refractivity contribution in [2.24, 2.45) is 0 Å². The highest BCUT2D eigenvalue weighted by atomic mass is 16.5. The van der Waals surface area contributed by atoms with E-state index >= 15 is 0 Å². The second-order valence-corrected chi connectivity index (χ2v) is 5.25. The van der Waals surface area contributed by atoms with E-state index < -0.39 is 17.8 Å². The molecule has 4 nitrogen and oxygen atoms in total. The molecule has 2 N–H and O–H groups in total. The van der Waals surface area contributed by atoms with Crippen molar-refractivity contribution in [1.82, 2.24) is 0 Å². The van der Waals surface area contributed by atoms with E-state index in [0.29, 0.717) is 24.3 Å². The van der Waals surface area contributed by atoms with E-state index in [4.69, 9.17) is 9.47 Å². The first-order valence-corrected chi connectivity index (χ1v) is 6.16. The van der Waals surface area contributed by atoms with Gasteiger partial charge in [0.2, 0.25) is 0 Å². The number of aryl methyl sites for hydroxylation is 1. The monoisotopic (exact) mass is 252 g/mol. The van der Waals surface area contributed by atoms with Gasteiger partial charge in [-0.3, -0.25) is 0 Å². The Bertz CT molecular complexity index is 422. The van der Waals surface area contributed by atoms with E-state index in [-0.39, 0.29) is 0 Å². The van der Waals surface area contributed by atoms with E-state index in [1.807, 2.05) is 18.2 Å². The van der Waals surface area contributed by atoms with Crippen molar-refractivity contribution in [3.63, 3.8) is 0 Å². The average molecular weight is 252 g/mol. The summed E-state index contributed by atoms with van der Waals surface area (Å²) in [4.78, 5) is 0. The van der Waals surface area contributed by atoms with Gasteiger partial charge in [-0.05, 0) is 38.3 Å². The van der Waals surface area contributed by atoms with Gasteiger partial charge in [0.25, 0.3) is 0 Å². The first kappa shape index (κ1) is 13.2. The van der Waals surface area contributed by atoms with E-state index in [1.54, 1.807) is 21.0 Å². The average Bonchev–Trinajstić information content (AvgIpc) is 2.48. The van der Waals surface area contributed by atoms with Crippen LogP contribution in [0.15, 0.2) is 18.2 Å². The minimum absolute atomic E-state index is 0.564. The van der Waals surface area contributed by atoms with E-state index in [1.165, 1.54) is 0 Å². The third-order valence-electron chi connectivity index (χ3n) is 3.28. The smallest absolute Gasteiger partial charge is 0.165 e. The largest absolute Gasteiger partial charge is 0.493 e. The molecule has 0 aliphatic carbocycles. The second kappa shape index (κ2) is 4.78. The van der Waals surface area contributed by atoms with Gasteiger partial charge in [0.1, 0.15) is 0 Å². The van der Waals surface area contributed by atoms with Crippen LogP contribution in [-0.4, -0.2) is 35.1 Å². The van der Waals surface area contributed by atoms with Gasteiger partial charge in [-0.15, -0.1) is 0 Å². The summed E-state index contributed by atoms with van der Waals surface area (Å²) in [5.41, 5.74) is -0.109. The van der Waals surface area contributed by atoms with Crippen molar-refractivity contribution in [2.45, 2.75) is 44.5 Å². The fourth-order valence-electron chi connectivity index (χ4n) is 2.33. The number of para-hydroxylation sites is 1. The van der Waals surface area contributed by atoms with Crippen LogP contribution in [0.3, 0.4) is 0 Å².